The fourth-order valence-corrected chi connectivity index (χ4v) is 2.69. The summed E-state index contributed by atoms with van der Waals surface area (Å²) in [6.07, 6.45) is 0. The van der Waals surface area contributed by atoms with Crippen LogP contribution in [0.1, 0.15) is 31.0 Å². The summed E-state index contributed by atoms with van der Waals surface area (Å²) in [5, 5.41) is 3.06. The van der Waals surface area contributed by atoms with Gasteiger partial charge in [0, 0.05) is 17.0 Å². The third-order valence-electron chi connectivity index (χ3n) is 3.82. The lowest BCUT2D eigenvalue weighted by atomic mass is 9.74. The molecule has 1 unspecified atom stereocenters. The molecule has 0 aliphatic rings. The van der Waals surface area contributed by atoms with Crippen LogP contribution in [0, 0.1) is 11.6 Å². The van der Waals surface area contributed by atoms with Crippen LogP contribution in [0.15, 0.2) is 48.5 Å². The molecule has 1 N–H and O–H groups in total. The van der Waals surface area contributed by atoms with Crippen LogP contribution in [0.2, 0.25) is 0 Å². The topological polar surface area (TPSA) is 12.0 Å². The van der Waals surface area contributed by atoms with E-state index in [0.29, 0.717) is 0 Å². The molecule has 0 aromatic heterocycles. The Morgan fingerprint density at radius 1 is 0.900 bits per heavy atom. The summed E-state index contributed by atoms with van der Waals surface area (Å²) >= 11 is 0. The van der Waals surface area contributed by atoms with Gasteiger partial charge in [-0.15, -0.1) is 0 Å². The molecule has 0 fully saturated rings. The second-order valence-electron chi connectivity index (χ2n) is 5.44. The molecule has 0 radical (unpaired) electrons. The standard InChI is InChI=1S/C17H19F2N/c1-17(2,12-8-5-4-6-9-12)16(20-3)15-13(18)10-7-11-14(15)19/h4-11,16,20H,1-3H3. The predicted octanol–water partition coefficient (Wildman–Crippen LogP) is 4.20. The third kappa shape index (κ3) is 2.59. The molecule has 0 aliphatic carbocycles. The van der Waals surface area contributed by atoms with Crippen LogP contribution in [0.25, 0.3) is 0 Å². The molecule has 0 saturated heterocycles. The highest BCUT2D eigenvalue weighted by atomic mass is 19.1. The molecular weight excluding hydrogens is 256 g/mol. The molecule has 106 valence electrons. The average Bonchev–Trinajstić information content (AvgIpc) is 2.43. The quantitative estimate of drug-likeness (QED) is 0.881. The number of hydrogen-bond donors (Lipinski definition) is 1. The van der Waals surface area contributed by atoms with E-state index in [2.05, 4.69) is 5.32 Å². The smallest absolute Gasteiger partial charge is 0.130 e. The van der Waals surface area contributed by atoms with Crippen LogP contribution in [0.3, 0.4) is 0 Å². The molecule has 0 saturated carbocycles. The molecule has 0 spiro atoms. The zero-order chi connectivity index (χ0) is 14.8. The third-order valence-corrected chi connectivity index (χ3v) is 3.82. The van der Waals surface area contributed by atoms with Crippen molar-refractivity contribution in [2.45, 2.75) is 25.3 Å². The number of benzene rings is 2. The highest BCUT2D eigenvalue weighted by molar-refractivity contribution is 5.33. The van der Waals surface area contributed by atoms with Crippen molar-refractivity contribution >= 4 is 0 Å². The first-order valence-corrected chi connectivity index (χ1v) is 6.65. The van der Waals surface area contributed by atoms with Crippen molar-refractivity contribution in [2.75, 3.05) is 7.05 Å². The first kappa shape index (κ1) is 14.7. The summed E-state index contributed by atoms with van der Waals surface area (Å²) in [6.45, 7) is 3.96. The Bertz CT molecular complexity index is 559. The summed E-state index contributed by atoms with van der Waals surface area (Å²) in [4.78, 5) is 0. The van der Waals surface area contributed by atoms with Crippen molar-refractivity contribution < 1.29 is 8.78 Å². The number of nitrogens with one attached hydrogen (secondary N) is 1. The van der Waals surface area contributed by atoms with Crippen LogP contribution in [-0.4, -0.2) is 7.05 Å². The number of hydrogen-bond acceptors (Lipinski definition) is 1. The molecule has 2 aromatic carbocycles. The fourth-order valence-electron chi connectivity index (χ4n) is 2.69. The van der Waals surface area contributed by atoms with Gasteiger partial charge in [-0.3, -0.25) is 0 Å². The second kappa shape index (κ2) is 5.71. The zero-order valence-corrected chi connectivity index (χ0v) is 12.0. The zero-order valence-electron chi connectivity index (χ0n) is 12.0. The van der Waals surface area contributed by atoms with Gasteiger partial charge in [0.15, 0.2) is 0 Å². The Hall–Kier alpha value is -1.74. The maximum absolute atomic E-state index is 14.1. The maximum Gasteiger partial charge on any atom is 0.130 e. The lowest BCUT2D eigenvalue weighted by Crippen LogP contribution is -2.36. The van der Waals surface area contributed by atoms with Gasteiger partial charge in [0.25, 0.3) is 0 Å². The van der Waals surface area contributed by atoms with E-state index < -0.39 is 23.1 Å². The van der Waals surface area contributed by atoms with E-state index in [9.17, 15) is 8.78 Å². The average molecular weight is 275 g/mol. The lowest BCUT2D eigenvalue weighted by Gasteiger charge is -2.35. The van der Waals surface area contributed by atoms with Crippen molar-refractivity contribution in [2.24, 2.45) is 0 Å². The van der Waals surface area contributed by atoms with Gasteiger partial charge in [0.2, 0.25) is 0 Å². The van der Waals surface area contributed by atoms with E-state index in [1.54, 1.807) is 7.05 Å². The number of likely N-dealkylation sites (N-methyl/N-ethyl adjacent to an activating group) is 1. The van der Waals surface area contributed by atoms with Gasteiger partial charge < -0.3 is 5.32 Å². The molecule has 1 nitrogen and oxygen atoms in total. The van der Waals surface area contributed by atoms with Gasteiger partial charge in [-0.05, 0) is 24.7 Å². The Morgan fingerprint density at radius 3 is 1.95 bits per heavy atom. The van der Waals surface area contributed by atoms with E-state index in [1.165, 1.54) is 18.2 Å². The van der Waals surface area contributed by atoms with Gasteiger partial charge in [-0.1, -0.05) is 50.2 Å². The largest absolute Gasteiger partial charge is 0.312 e. The minimum absolute atomic E-state index is 0.0869. The Labute approximate surface area is 118 Å². The van der Waals surface area contributed by atoms with E-state index in [4.69, 9.17) is 0 Å². The van der Waals surface area contributed by atoms with Gasteiger partial charge in [0.05, 0.1) is 0 Å². The molecule has 1 atom stereocenters. The maximum atomic E-state index is 14.1. The van der Waals surface area contributed by atoms with Crippen LogP contribution in [-0.2, 0) is 5.41 Å². The van der Waals surface area contributed by atoms with Gasteiger partial charge in [-0.25, -0.2) is 8.78 Å². The van der Waals surface area contributed by atoms with Crippen LogP contribution < -0.4 is 5.32 Å². The van der Waals surface area contributed by atoms with Crippen molar-refractivity contribution in [1.29, 1.82) is 0 Å². The molecule has 0 heterocycles. The Kier molecular flexibility index (Phi) is 4.19. The molecule has 0 aliphatic heterocycles. The fraction of sp³-hybridized carbons (Fsp3) is 0.294. The molecule has 2 rings (SSSR count). The van der Waals surface area contributed by atoms with Gasteiger partial charge in [-0.2, -0.15) is 0 Å². The molecule has 0 bridgehead atoms. The SMILES string of the molecule is CNC(c1c(F)cccc1F)C(C)(C)c1ccccc1. The first-order valence-electron chi connectivity index (χ1n) is 6.65. The van der Waals surface area contributed by atoms with Crippen molar-refractivity contribution in [1.82, 2.24) is 5.32 Å². The highest BCUT2D eigenvalue weighted by Gasteiger charge is 2.34. The van der Waals surface area contributed by atoms with Crippen LogP contribution >= 0.6 is 0 Å². The molecule has 3 heteroatoms. The van der Waals surface area contributed by atoms with Crippen LogP contribution in [0.5, 0.6) is 0 Å². The van der Waals surface area contributed by atoms with Crippen LogP contribution in [0.4, 0.5) is 8.78 Å². The molecular formula is C17H19F2N. The van der Waals surface area contributed by atoms with Gasteiger partial charge >= 0.3 is 0 Å². The molecule has 2 aromatic rings. The molecule has 20 heavy (non-hydrogen) atoms. The highest BCUT2D eigenvalue weighted by Crippen LogP contribution is 2.38. The van der Waals surface area contributed by atoms with Crippen molar-refractivity contribution in [3.05, 3.63) is 71.3 Å². The van der Waals surface area contributed by atoms with E-state index in [1.807, 2.05) is 44.2 Å². The Balaban J connectivity index is 2.52. The summed E-state index contributed by atoms with van der Waals surface area (Å²) in [7, 11) is 1.72. The minimum Gasteiger partial charge on any atom is -0.312 e. The first-order chi connectivity index (χ1) is 9.48. The summed E-state index contributed by atoms with van der Waals surface area (Å²) < 4.78 is 28.1. The molecule has 0 amide bonds. The van der Waals surface area contributed by atoms with Crippen molar-refractivity contribution in [3.63, 3.8) is 0 Å². The summed E-state index contributed by atoms with van der Waals surface area (Å²) in [5.41, 5.74) is 0.671. The summed E-state index contributed by atoms with van der Waals surface area (Å²) in [6, 6.07) is 13.3. The summed E-state index contributed by atoms with van der Waals surface area (Å²) in [5.74, 6) is -1.04. The number of rotatable bonds is 4. The van der Waals surface area contributed by atoms with E-state index >= 15 is 0 Å². The lowest BCUT2D eigenvalue weighted by molar-refractivity contribution is 0.345. The number of halogens is 2. The Morgan fingerprint density at radius 2 is 1.45 bits per heavy atom. The predicted molar refractivity (Wildman–Crippen MR) is 77.6 cm³/mol. The normalized spacial score (nSPS) is 13.2. The van der Waals surface area contributed by atoms with Gasteiger partial charge in [0.1, 0.15) is 11.6 Å². The monoisotopic (exact) mass is 275 g/mol. The van der Waals surface area contributed by atoms with Crippen molar-refractivity contribution in [3.8, 4) is 0 Å². The van der Waals surface area contributed by atoms with E-state index in [0.717, 1.165) is 5.56 Å². The van der Waals surface area contributed by atoms with E-state index in [-0.39, 0.29) is 5.56 Å². The second-order valence-corrected chi connectivity index (χ2v) is 5.44. The minimum atomic E-state index is -0.520.